The number of fused-ring (bicyclic) bond motifs is 6. The molecule has 4 nitrogen and oxygen atoms in total. The van der Waals surface area contributed by atoms with E-state index in [1.807, 2.05) is 18.2 Å². The molecule has 1 aliphatic carbocycles. The molecule has 0 spiro atoms. The van der Waals surface area contributed by atoms with Crippen LogP contribution in [-0.2, 0) is 5.41 Å². The van der Waals surface area contributed by atoms with Gasteiger partial charge in [0.05, 0.1) is 11.0 Å². The first-order valence-electron chi connectivity index (χ1n) is 10.1. The molecule has 0 N–H and O–H groups in total. The lowest BCUT2D eigenvalue weighted by Gasteiger charge is -2.21. The van der Waals surface area contributed by atoms with Gasteiger partial charge in [-0.2, -0.15) is 0 Å². The van der Waals surface area contributed by atoms with Gasteiger partial charge < -0.3 is 0 Å². The Hall–Kier alpha value is -3.79. The fraction of sp³-hybridized carbons (Fsp3) is 0.115. The first-order valence-corrected chi connectivity index (χ1v) is 10.1. The number of hydrogen-bond acceptors (Lipinski definition) is 3. The first-order chi connectivity index (χ1) is 14.6. The molecule has 0 saturated heterocycles. The van der Waals surface area contributed by atoms with Gasteiger partial charge in [-0.05, 0) is 46.5 Å². The Morgan fingerprint density at radius 3 is 2.33 bits per heavy atom. The Kier molecular flexibility index (Phi) is 3.34. The molecule has 0 fully saturated rings. The Morgan fingerprint density at radius 2 is 1.50 bits per heavy atom. The molecule has 5 aromatic rings. The highest BCUT2D eigenvalue weighted by Crippen LogP contribution is 2.50. The summed E-state index contributed by atoms with van der Waals surface area (Å²) in [4.78, 5) is 21.8. The summed E-state index contributed by atoms with van der Waals surface area (Å²) in [7, 11) is 0. The highest BCUT2D eigenvalue weighted by atomic mass is 16.2. The summed E-state index contributed by atoms with van der Waals surface area (Å²) >= 11 is 0. The van der Waals surface area contributed by atoms with Crippen LogP contribution in [0.4, 0.5) is 0 Å². The average Bonchev–Trinajstić information content (AvgIpc) is 3.22. The number of hydrogen-bond donors (Lipinski definition) is 0. The monoisotopic (exact) mass is 389 g/mol. The lowest BCUT2D eigenvalue weighted by Crippen LogP contribution is -2.16. The quantitative estimate of drug-likeness (QED) is 0.376. The average molecular weight is 389 g/mol. The largest absolute Gasteiger partial charge is 0.300 e. The predicted molar refractivity (Wildman–Crippen MR) is 119 cm³/mol. The van der Waals surface area contributed by atoms with E-state index in [0.29, 0.717) is 0 Å². The SMILES string of the molecule is CC1(C)c2ccccc2-c2cc3c(cc21)c1ccccc1n3C(=O)c1ncccn1. The molecule has 3 aromatic carbocycles. The maximum atomic E-state index is 13.4. The fourth-order valence-corrected chi connectivity index (χ4v) is 4.89. The first kappa shape index (κ1) is 17.1. The van der Waals surface area contributed by atoms with Crippen molar-refractivity contribution in [1.82, 2.24) is 14.5 Å². The summed E-state index contributed by atoms with van der Waals surface area (Å²) in [5.74, 6) is -0.0197. The molecule has 144 valence electrons. The van der Waals surface area contributed by atoms with Crippen molar-refractivity contribution in [2.45, 2.75) is 19.3 Å². The number of rotatable bonds is 1. The van der Waals surface area contributed by atoms with Crippen molar-refractivity contribution >= 4 is 27.7 Å². The third-order valence-corrected chi connectivity index (χ3v) is 6.34. The van der Waals surface area contributed by atoms with Gasteiger partial charge in [-0.3, -0.25) is 9.36 Å². The van der Waals surface area contributed by atoms with E-state index in [1.165, 1.54) is 22.3 Å². The molecule has 2 aromatic heterocycles. The summed E-state index contributed by atoms with van der Waals surface area (Å²) in [5, 5.41) is 2.14. The van der Waals surface area contributed by atoms with Crippen molar-refractivity contribution in [2.24, 2.45) is 0 Å². The third kappa shape index (κ3) is 2.13. The number of benzene rings is 3. The zero-order chi connectivity index (χ0) is 20.5. The topological polar surface area (TPSA) is 47.8 Å². The number of aromatic nitrogens is 3. The maximum absolute atomic E-state index is 13.4. The van der Waals surface area contributed by atoms with Crippen molar-refractivity contribution in [3.63, 3.8) is 0 Å². The van der Waals surface area contributed by atoms with Crippen molar-refractivity contribution in [3.05, 3.63) is 96.1 Å². The van der Waals surface area contributed by atoms with Gasteiger partial charge in [0.25, 0.3) is 0 Å². The highest BCUT2D eigenvalue weighted by molar-refractivity contribution is 6.16. The Bertz CT molecular complexity index is 1480. The van der Waals surface area contributed by atoms with E-state index >= 15 is 0 Å². The molecule has 0 atom stereocenters. The molecule has 0 unspecified atom stereocenters. The minimum absolute atomic E-state index is 0.0874. The zero-order valence-corrected chi connectivity index (χ0v) is 16.8. The number of nitrogens with zero attached hydrogens (tertiary/aromatic N) is 3. The second kappa shape index (κ2) is 5.86. The minimum Gasteiger partial charge on any atom is -0.273 e. The van der Waals surface area contributed by atoms with Crippen molar-refractivity contribution in [1.29, 1.82) is 0 Å². The minimum atomic E-state index is -0.215. The lowest BCUT2D eigenvalue weighted by molar-refractivity contribution is 0.0959. The van der Waals surface area contributed by atoms with Crippen LogP contribution in [0.5, 0.6) is 0 Å². The summed E-state index contributed by atoms with van der Waals surface area (Å²) in [6.07, 6.45) is 3.20. The highest BCUT2D eigenvalue weighted by Gasteiger charge is 2.36. The van der Waals surface area contributed by atoms with Crippen LogP contribution in [0.1, 0.15) is 35.6 Å². The van der Waals surface area contributed by atoms with Gasteiger partial charge in [0.2, 0.25) is 5.82 Å². The van der Waals surface area contributed by atoms with Crippen LogP contribution < -0.4 is 0 Å². The van der Waals surface area contributed by atoms with Gasteiger partial charge in [0.15, 0.2) is 0 Å². The van der Waals surface area contributed by atoms with Gasteiger partial charge in [0, 0.05) is 28.6 Å². The van der Waals surface area contributed by atoms with E-state index in [4.69, 9.17) is 0 Å². The summed E-state index contributed by atoms with van der Waals surface area (Å²) in [6.45, 7) is 4.54. The van der Waals surface area contributed by atoms with Gasteiger partial charge in [-0.1, -0.05) is 56.3 Å². The molecule has 0 aliphatic heterocycles. The van der Waals surface area contributed by atoms with Gasteiger partial charge in [-0.15, -0.1) is 0 Å². The standard InChI is InChI=1S/C26H19N3O/c1-26(2)20-10-5-3-8-16(20)18-15-23-19(14-21(18)26)17-9-4-6-11-22(17)29(23)25(30)24-27-12-7-13-28-24/h3-15H,1-2H3. The van der Waals surface area contributed by atoms with Crippen LogP contribution in [0.2, 0.25) is 0 Å². The van der Waals surface area contributed by atoms with E-state index < -0.39 is 0 Å². The Balaban J connectivity index is 1.73. The molecular formula is C26H19N3O. The third-order valence-electron chi connectivity index (χ3n) is 6.34. The Morgan fingerprint density at radius 1 is 0.767 bits per heavy atom. The number of carbonyl (C=O) groups is 1. The molecule has 0 saturated carbocycles. The zero-order valence-electron chi connectivity index (χ0n) is 16.8. The summed E-state index contributed by atoms with van der Waals surface area (Å²) in [6, 6.07) is 22.7. The second-order valence-electron chi connectivity index (χ2n) is 8.32. The number of para-hydroxylation sites is 1. The summed E-state index contributed by atoms with van der Waals surface area (Å²) in [5.41, 5.74) is 6.72. The van der Waals surface area contributed by atoms with Crippen LogP contribution in [0.25, 0.3) is 32.9 Å². The van der Waals surface area contributed by atoms with Crippen LogP contribution in [0.3, 0.4) is 0 Å². The van der Waals surface area contributed by atoms with Crippen LogP contribution >= 0.6 is 0 Å². The molecule has 30 heavy (non-hydrogen) atoms. The predicted octanol–water partition coefficient (Wildman–Crippen LogP) is 5.58. The van der Waals surface area contributed by atoms with E-state index in [9.17, 15) is 4.79 Å². The van der Waals surface area contributed by atoms with Crippen molar-refractivity contribution < 1.29 is 4.79 Å². The van der Waals surface area contributed by atoms with Crippen molar-refractivity contribution in [2.75, 3.05) is 0 Å². The Labute approximate surface area is 173 Å². The lowest BCUT2D eigenvalue weighted by atomic mass is 9.82. The summed E-state index contributed by atoms with van der Waals surface area (Å²) < 4.78 is 1.76. The smallest absolute Gasteiger partial charge is 0.273 e. The van der Waals surface area contributed by atoms with E-state index in [1.54, 1.807) is 23.0 Å². The van der Waals surface area contributed by atoms with Crippen LogP contribution in [0, 0.1) is 0 Å². The van der Waals surface area contributed by atoms with E-state index in [2.05, 4.69) is 66.3 Å². The normalized spacial score (nSPS) is 14.1. The van der Waals surface area contributed by atoms with E-state index in [0.717, 1.165) is 21.8 Å². The van der Waals surface area contributed by atoms with Gasteiger partial charge >= 0.3 is 5.91 Å². The van der Waals surface area contributed by atoms with Crippen LogP contribution in [0.15, 0.2) is 79.1 Å². The molecule has 4 heteroatoms. The molecular weight excluding hydrogens is 370 g/mol. The number of carbonyl (C=O) groups excluding carboxylic acids is 1. The maximum Gasteiger partial charge on any atom is 0.300 e. The van der Waals surface area contributed by atoms with Gasteiger partial charge in [0.1, 0.15) is 0 Å². The van der Waals surface area contributed by atoms with E-state index in [-0.39, 0.29) is 17.1 Å². The van der Waals surface area contributed by atoms with Crippen molar-refractivity contribution in [3.8, 4) is 11.1 Å². The van der Waals surface area contributed by atoms with Crippen LogP contribution in [-0.4, -0.2) is 20.4 Å². The molecule has 6 rings (SSSR count). The van der Waals surface area contributed by atoms with Gasteiger partial charge in [-0.25, -0.2) is 9.97 Å². The second-order valence-corrected chi connectivity index (χ2v) is 8.32. The molecule has 2 heterocycles. The molecule has 1 aliphatic rings. The molecule has 0 bridgehead atoms. The molecule has 0 amide bonds. The fourth-order valence-electron chi connectivity index (χ4n) is 4.89. The molecule has 0 radical (unpaired) electrons.